The highest BCUT2D eigenvalue weighted by atomic mass is 127. The molecule has 0 atom stereocenters. The van der Waals surface area contributed by atoms with E-state index in [1.165, 1.54) is 0 Å². The van der Waals surface area contributed by atoms with Gasteiger partial charge >= 0.3 is 0 Å². The first kappa shape index (κ1) is 6.94. The van der Waals surface area contributed by atoms with Crippen molar-refractivity contribution in [3.8, 4) is 0 Å². The summed E-state index contributed by atoms with van der Waals surface area (Å²) in [4.78, 5) is 3.88. The smallest absolute Gasteiger partial charge is 0.253 e. The van der Waals surface area contributed by atoms with Gasteiger partial charge in [-0.2, -0.15) is 4.98 Å². The molecule has 0 radical (unpaired) electrons. The van der Waals surface area contributed by atoms with Gasteiger partial charge < -0.3 is 9.26 Å². The highest BCUT2D eigenvalue weighted by Gasteiger charge is 1.99. The molecule has 0 bridgehead atoms. The van der Waals surface area contributed by atoms with E-state index in [1.807, 2.05) is 22.6 Å². The van der Waals surface area contributed by atoms with E-state index in [0.29, 0.717) is 16.3 Å². The number of rotatable bonds is 2. The van der Waals surface area contributed by atoms with Crippen molar-refractivity contribution in [1.29, 1.82) is 0 Å². The molecule has 50 valence electrons. The summed E-state index contributed by atoms with van der Waals surface area (Å²) in [6, 6.07) is 0. The third kappa shape index (κ3) is 1.90. The first-order valence-electron chi connectivity index (χ1n) is 2.30. The molecule has 1 aromatic rings. The van der Waals surface area contributed by atoms with Crippen LogP contribution in [0.5, 0.6) is 0 Å². The van der Waals surface area contributed by atoms with Crippen LogP contribution in [0.15, 0.2) is 4.52 Å². The number of ether oxygens (including phenoxy) is 1. The average Bonchev–Trinajstić information content (AvgIpc) is 2.17. The standard InChI is InChI=1S/C4H5IN2O2/c1-8-2-3-6-4(5)7-9-3/h2H2,1H3. The van der Waals surface area contributed by atoms with Gasteiger partial charge in [-0.05, 0) is 0 Å². The summed E-state index contributed by atoms with van der Waals surface area (Å²) in [5.74, 6) is 0.516. The maximum Gasteiger partial charge on any atom is 0.253 e. The molecule has 0 aliphatic rings. The van der Waals surface area contributed by atoms with E-state index in [0.717, 1.165) is 0 Å². The van der Waals surface area contributed by atoms with Gasteiger partial charge in [0.1, 0.15) is 6.61 Å². The fourth-order valence-corrected chi connectivity index (χ4v) is 0.784. The molecular formula is C4H5IN2O2. The molecule has 9 heavy (non-hydrogen) atoms. The zero-order valence-corrected chi connectivity index (χ0v) is 6.95. The van der Waals surface area contributed by atoms with Crippen LogP contribution >= 0.6 is 22.6 Å². The summed E-state index contributed by atoms with van der Waals surface area (Å²) in [5.41, 5.74) is 0. The van der Waals surface area contributed by atoms with Crippen molar-refractivity contribution in [3.05, 3.63) is 9.72 Å². The van der Waals surface area contributed by atoms with Crippen molar-refractivity contribution in [2.75, 3.05) is 7.11 Å². The SMILES string of the molecule is COCc1nc(I)no1. The molecule has 0 amide bonds. The second-order valence-corrected chi connectivity index (χ2v) is 2.36. The quantitative estimate of drug-likeness (QED) is 0.718. The molecule has 0 spiro atoms. The molecule has 0 saturated heterocycles. The number of halogens is 1. The number of nitrogens with zero attached hydrogens (tertiary/aromatic N) is 2. The summed E-state index contributed by atoms with van der Waals surface area (Å²) >= 11 is 1.97. The molecular weight excluding hydrogens is 235 g/mol. The highest BCUT2D eigenvalue weighted by Crippen LogP contribution is 1.99. The molecule has 1 heterocycles. The van der Waals surface area contributed by atoms with Crippen LogP contribution in [0.4, 0.5) is 0 Å². The Morgan fingerprint density at radius 2 is 2.56 bits per heavy atom. The molecule has 0 N–H and O–H groups in total. The molecule has 0 unspecified atom stereocenters. The van der Waals surface area contributed by atoms with E-state index in [1.54, 1.807) is 7.11 Å². The number of methoxy groups -OCH3 is 1. The Morgan fingerprint density at radius 1 is 1.78 bits per heavy atom. The molecule has 0 saturated carbocycles. The maximum atomic E-state index is 4.74. The van der Waals surface area contributed by atoms with Crippen LogP contribution in [-0.2, 0) is 11.3 Å². The third-order valence-corrected chi connectivity index (χ3v) is 1.15. The van der Waals surface area contributed by atoms with Gasteiger partial charge in [0.25, 0.3) is 5.89 Å². The minimum Gasteiger partial charge on any atom is -0.375 e. The third-order valence-electron chi connectivity index (χ3n) is 0.711. The summed E-state index contributed by atoms with van der Waals surface area (Å²) < 4.78 is 10.1. The molecule has 0 fully saturated rings. The first-order chi connectivity index (χ1) is 4.33. The van der Waals surface area contributed by atoms with Gasteiger partial charge in [-0.1, -0.05) is 5.16 Å². The lowest BCUT2D eigenvalue weighted by molar-refractivity contribution is 0.151. The average molecular weight is 240 g/mol. The molecule has 0 aliphatic carbocycles. The Labute approximate surface area is 65.7 Å². The van der Waals surface area contributed by atoms with Crippen molar-refractivity contribution >= 4 is 22.6 Å². The van der Waals surface area contributed by atoms with E-state index >= 15 is 0 Å². The van der Waals surface area contributed by atoms with Gasteiger partial charge in [0, 0.05) is 29.7 Å². The van der Waals surface area contributed by atoms with Crippen LogP contribution in [0.2, 0.25) is 0 Å². The van der Waals surface area contributed by atoms with Crippen molar-refractivity contribution in [3.63, 3.8) is 0 Å². The van der Waals surface area contributed by atoms with Gasteiger partial charge in [0.05, 0.1) is 0 Å². The lowest BCUT2D eigenvalue weighted by Crippen LogP contribution is -1.85. The second kappa shape index (κ2) is 3.11. The second-order valence-electron chi connectivity index (χ2n) is 1.39. The Kier molecular flexibility index (Phi) is 2.40. The number of hydrogen-bond donors (Lipinski definition) is 0. The van der Waals surface area contributed by atoms with Gasteiger partial charge in [0.2, 0.25) is 3.83 Å². The zero-order chi connectivity index (χ0) is 6.69. The van der Waals surface area contributed by atoms with Crippen LogP contribution in [0.1, 0.15) is 5.89 Å². The van der Waals surface area contributed by atoms with Gasteiger partial charge in [-0.25, -0.2) is 0 Å². The van der Waals surface area contributed by atoms with Crippen molar-refractivity contribution in [2.45, 2.75) is 6.61 Å². The fraction of sp³-hybridized carbons (Fsp3) is 0.500. The Morgan fingerprint density at radius 3 is 3.00 bits per heavy atom. The van der Waals surface area contributed by atoms with Crippen molar-refractivity contribution in [1.82, 2.24) is 10.1 Å². The molecule has 1 rings (SSSR count). The Bertz CT molecular complexity index is 188. The van der Waals surface area contributed by atoms with Crippen LogP contribution in [0, 0.1) is 3.83 Å². The summed E-state index contributed by atoms with van der Waals surface area (Å²) in [6.07, 6.45) is 0. The molecule has 0 aliphatic heterocycles. The lowest BCUT2D eigenvalue weighted by atomic mass is 10.7. The predicted molar refractivity (Wildman–Crippen MR) is 37.7 cm³/mol. The number of aromatic nitrogens is 2. The van der Waals surface area contributed by atoms with Gasteiger partial charge in [-0.15, -0.1) is 0 Å². The van der Waals surface area contributed by atoms with Crippen LogP contribution in [0.3, 0.4) is 0 Å². The Hall–Kier alpha value is -0.170. The van der Waals surface area contributed by atoms with E-state index in [2.05, 4.69) is 10.1 Å². The first-order valence-corrected chi connectivity index (χ1v) is 3.38. The van der Waals surface area contributed by atoms with E-state index in [9.17, 15) is 0 Å². The summed E-state index contributed by atoms with van der Waals surface area (Å²) in [6.45, 7) is 0.385. The van der Waals surface area contributed by atoms with Crippen molar-refractivity contribution < 1.29 is 9.26 Å². The Balaban J connectivity index is 2.61. The predicted octanol–water partition coefficient (Wildman–Crippen LogP) is 0.821. The zero-order valence-electron chi connectivity index (χ0n) is 4.80. The topological polar surface area (TPSA) is 48.2 Å². The van der Waals surface area contributed by atoms with E-state index < -0.39 is 0 Å². The van der Waals surface area contributed by atoms with Gasteiger partial charge in [0.15, 0.2) is 0 Å². The van der Waals surface area contributed by atoms with Gasteiger partial charge in [-0.3, -0.25) is 0 Å². The molecule has 1 aromatic heterocycles. The molecule has 0 aromatic carbocycles. The molecule has 4 nitrogen and oxygen atoms in total. The number of hydrogen-bond acceptors (Lipinski definition) is 4. The highest BCUT2D eigenvalue weighted by molar-refractivity contribution is 14.1. The van der Waals surface area contributed by atoms with Crippen molar-refractivity contribution in [2.24, 2.45) is 0 Å². The van der Waals surface area contributed by atoms with E-state index in [-0.39, 0.29) is 0 Å². The minimum absolute atomic E-state index is 0.385. The summed E-state index contributed by atoms with van der Waals surface area (Å²) in [7, 11) is 1.58. The fourth-order valence-electron chi connectivity index (χ4n) is 0.416. The lowest BCUT2D eigenvalue weighted by Gasteiger charge is -1.85. The normalized spacial score (nSPS) is 10.0. The van der Waals surface area contributed by atoms with Crippen LogP contribution in [-0.4, -0.2) is 17.3 Å². The largest absolute Gasteiger partial charge is 0.375 e. The maximum absolute atomic E-state index is 4.74. The summed E-state index contributed by atoms with van der Waals surface area (Å²) in [5, 5.41) is 3.56. The van der Waals surface area contributed by atoms with E-state index in [4.69, 9.17) is 9.26 Å². The minimum atomic E-state index is 0.385. The molecule has 5 heteroatoms. The van der Waals surface area contributed by atoms with Crippen LogP contribution in [0.25, 0.3) is 0 Å². The van der Waals surface area contributed by atoms with Crippen LogP contribution < -0.4 is 0 Å². The monoisotopic (exact) mass is 240 g/mol.